The number of hydrogen-bond donors (Lipinski definition) is 0. The zero-order valence-corrected chi connectivity index (χ0v) is 11.1. The fourth-order valence-electron chi connectivity index (χ4n) is 1.38. The summed E-state index contributed by atoms with van der Waals surface area (Å²) in [5.41, 5.74) is 1.06. The normalized spacial score (nSPS) is 11.8. The van der Waals surface area contributed by atoms with E-state index >= 15 is 0 Å². The first-order valence-electron chi connectivity index (χ1n) is 5.05. The number of rotatable bonds is 1. The van der Waals surface area contributed by atoms with Crippen LogP contribution in [-0.2, 0) is 5.41 Å². The molecule has 0 atom stereocenters. The van der Waals surface area contributed by atoms with E-state index in [0.717, 1.165) is 15.4 Å². The van der Waals surface area contributed by atoms with E-state index < -0.39 is 0 Å². The van der Waals surface area contributed by atoms with Crippen molar-refractivity contribution in [3.05, 3.63) is 34.6 Å². The Morgan fingerprint density at radius 3 is 2.56 bits per heavy atom. The molecule has 0 unspecified atom stereocenters. The van der Waals surface area contributed by atoms with Gasteiger partial charge in [-0.1, -0.05) is 32.4 Å². The van der Waals surface area contributed by atoms with Crippen molar-refractivity contribution < 1.29 is 0 Å². The van der Waals surface area contributed by atoms with Gasteiger partial charge in [-0.3, -0.25) is 4.98 Å². The van der Waals surface area contributed by atoms with Crippen LogP contribution < -0.4 is 0 Å². The molecule has 0 aromatic carbocycles. The average Bonchev–Trinajstić information content (AvgIpc) is 2.61. The Bertz CT molecular complexity index is 485. The van der Waals surface area contributed by atoms with Gasteiger partial charge in [-0.25, -0.2) is 4.98 Å². The van der Waals surface area contributed by atoms with E-state index in [-0.39, 0.29) is 5.41 Å². The van der Waals surface area contributed by atoms with Crippen molar-refractivity contribution in [3.63, 3.8) is 0 Å². The summed E-state index contributed by atoms with van der Waals surface area (Å²) in [5, 5.41) is 1.54. The van der Waals surface area contributed by atoms with Crippen molar-refractivity contribution in [2.75, 3.05) is 0 Å². The van der Waals surface area contributed by atoms with Crippen LogP contribution in [-0.4, -0.2) is 9.97 Å². The summed E-state index contributed by atoms with van der Waals surface area (Å²) in [7, 11) is 0. The second-order valence-electron chi connectivity index (χ2n) is 4.63. The topological polar surface area (TPSA) is 25.8 Å². The van der Waals surface area contributed by atoms with Crippen molar-refractivity contribution in [3.8, 4) is 10.6 Å². The maximum atomic E-state index is 6.16. The van der Waals surface area contributed by atoms with Crippen LogP contribution in [0.5, 0.6) is 0 Å². The van der Waals surface area contributed by atoms with Crippen LogP contribution in [0.15, 0.2) is 24.5 Å². The minimum atomic E-state index is 0.0369. The third-order valence-electron chi connectivity index (χ3n) is 2.18. The van der Waals surface area contributed by atoms with Crippen LogP contribution in [0, 0.1) is 0 Å². The second-order valence-corrected chi connectivity index (χ2v) is 5.99. The molecule has 0 radical (unpaired) electrons. The zero-order valence-electron chi connectivity index (χ0n) is 9.49. The fraction of sp³-hybridized carbons (Fsp3) is 0.333. The van der Waals surface area contributed by atoms with Crippen molar-refractivity contribution in [2.45, 2.75) is 26.2 Å². The van der Waals surface area contributed by atoms with E-state index in [9.17, 15) is 0 Å². The molecule has 0 saturated heterocycles. The SMILES string of the molecule is CC(C)(C)c1sc(-c2cccnc2)nc1Cl. The molecule has 2 nitrogen and oxygen atoms in total. The van der Waals surface area contributed by atoms with Crippen molar-refractivity contribution >= 4 is 22.9 Å². The van der Waals surface area contributed by atoms with Gasteiger partial charge < -0.3 is 0 Å². The molecule has 2 aromatic heterocycles. The first-order chi connectivity index (χ1) is 7.48. The first kappa shape index (κ1) is 11.6. The largest absolute Gasteiger partial charge is 0.264 e. The average molecular weight is 253 g/mol. The van der Waals surface area contributed by atoms with E-state index in [4.69, 9.17) is 11.6 Å². The van der Waals surface area contributed by atoms with Gasteiger partial charge in [-0.05, 0) is 17.5 Å². The number of halogens is 1. The molecule has 0 N–H and O–H groups in total. The first-order valence-corrected chi connectivity index (χ1v) is 6.25. The Morgan fingerprint density at radius 2 is 2.06 bits per heavy atom. The molecule has 0 aliphatic carbocycles. The quantitative estimate of drug-likeness (QED) is 0.762. The number of nitrogens with zero attached hydrogens (tertiary/aromatic N) is 2. The summed E-state index contributed by atoms with van der Waals surface area (Å²) in [5.74, 6) is 0. The number of hydrogen-bond acceptors (Lipinski definition) is 3. The zero-order chi connectivity index (χ0) is 11.8. The standard InChI is InChI=1S/C12H13ClN2S/c1-12(2,3)9-10(13)15-11(16-9)8-5-4-6-14-7-8/h4-7H,1-3H3. The lowest BCUT2D eigenvalue weighted by molar-refractivity contribution is 0.602. The Balaban J connectivity index is 2.47. The minimum absolute atomic E-state index is 0.0369. The number of aromatic nitrogens is 2. The molecule has 0 bridgehead atoms. The van der Waals surface area contributed by atoms with Gasteiger partial charge in [0.2, 0.25) is 0 Å². The Hall–Kier alpha value is -0.930. The summed E-state index contributed by atoms with van der Waals surface area (Å²) in [4.78, 5) is 9.60. The summed E-state index contributed by atoms with van der Waals surface area (Å²) in [6.45, 7) is 6.41. The Kier molecular flexibility index (Phi) is 3.00. The Labute approximate surface area is 104 Å². The van der Waals surface area contributed by atoms with Crippen molar-refractivity contribution in [1.29, 1.82) is 0 Å². The lowest BCUT2D eigenvalue weighted by atomic mass is 9.95. The van der Waals surface area contributed by atoms with E-state index in [2.05, 4.69) is 30.7 Å². The van der Waals surface area contributed by atoms with E-state index in [1.54, 1.807) is 17.5 Å². The Morgan fingerprint density at radius 1 is 1.31 bits per heavy atom. The molecule has 84 valence electrons. The molecule has 0 aliphatic heterocycles. The molecule has 2 rings (SSSR count). The number of thiazole rings is 1. The highest BCUT2D eigenvalue weighted by Gasteiger charge is 2.22. The van der Waals surface area contributed by atoms with Crippen LogP contribution in [0.1, 0.15) is 25.6 Å². The van der Waals surface area contributed by atoms with Crippen LogP contribution >= 0.6 is 22.9 Å². The summed E-state index contributed by atoms with van der Waals surface area (Å²) in [6.07, 6.45) is 3.56. The van der Waals surface area contributed by atoms with Crippen LogP contribution in [0.2, 0.25) is 5.15 Å². The molecule has 0 aliphatic rings. The van der Waals surface area contributed by atoms with Crippen molar-refractivity contribution in [1.82, 2.24) is 9.97 Å². The van der Waals surface area contributed by atoms with E-state index in [1.807, 2.05) is 18.3 Å². The fourth-order valence-corrected chi connectivity index (χ4v) is 2.92. The van der Waals surface area contributed by atoms with Gasteiger partial charge in [-0.15, -0.1) is 11.3 Å². The molecule has 2 heterocycles. The molecule has 0 fully saturated rings. The molecule has 16 heavy (non-hydrogen) atoms. The second kappa shape index (κ2) is 4.15. The predicted octanol–water partition coefficient (Wildman–Crippen LogP) is 4.16. The van der Waals surface area contributed by atoms with Crippen molar-refractivity contribution in [2.24, 2.45) is 0 Å². The maximum Gasteiger partial charge on any atom is 0.144 e. The highest BCUT2D eigenvalue weighted by Crippen LogP contribution is 2.37. The smallest absolute Gasteiger partial charge is 0.144 e. The van der Waals surface area contributed by atoms with Gasteiger partial charge >= 0.3 is 0 Å². The maximum absolute atomic E-state index is 6.16. The predicted molar refractivity (Wildman–Crippen MR) is 69.1 cm³/mol. The van der Waals surface area contributed by atoms with Crippen LogP contribution in [0.4, 0.5) is 0 Å². The molecule has 0 spiro atoms. The van der Waals surface area contributed by atoms with E-state index in [0.29, 0.717) is 5.15 Å². The van der Waals surface area contributed by atoms with Crippen LogP contribution in [0.25, 0.3) is 10.6 Å². The molecule has 0 amide bonds. The van der Waals surface area contributed by atoms with Gasteiger partial charge in [0.05, 0.1) is 0 Å². The minimum Gasteiger partial charge on any atom is -0.264 e. The third kappa shape index (κ3) is 2.25. The summed E-state index contributed by atoms with van der Waals surface area (Å²) in [6, 6.07) is 3.90. The van der Waals surface area contributed by atoms with Gasteiger partial charge in [-0.2, -0.15) is 0 Å². The van der Waals surface area contributed by atoms with Gasteiger partial charge in [0, 0.05) is 22.8 Å². The highest BCUT2D eigenvalue weighted by molar-refractivity contribution is 7.15. The van der Waals surface area contributed by atoms with Crippen LogP contribution in [0.3, 0.4) is 0 Å². The van der Waals surface area contributed by atoms with Gasteiger partial charge in [0.25, 0.3) is 0 Å². The summed E-state index contributed by atoms with van der Waals surface area (Å²) < 4.78 is 0. The molecule has 4 heteroatoms. The van der Waals surface area contributed by atoms with E-state index in [1.165, 1.54) is 0 Å². The highest BCUT2D eigenvalue weighted by atomic mass is 35.5. The van der Waals surface area contributed by atoms with Gasteiger partial charge in [0.15, 0.2) is 0 Å². The summed E-state index contributed by atoms with van der Waals surface area (Å²) >= 11 is 7.79. The molecular weight excluding hydrogens is 240 g/mol. The lowest BCUT2D eigenvalue weighted by Gasteiger charge is -2.15. The lowest BCUT2D eigenvalue weighted by Crippen LogP contribution is -2.08. The molecule has 2 aromatic rings. The van der Waals surface area contributed by atoms with Gasteiger partial charge in [0.1, 0.15) is 10.2 Å². The monoisotopic (exact) mass is 252 g/mol. The number of pyridine rings is 1. The third-order valence-corrected chi connectivity index (χ3v) is 4.09. The molecular formula is C12H13ClN2S. The molecule has 0 saturated carbocycles.